The van der Waals surface area contributed by atoms with Crippen molar-refractivity contribution in [1.29, 1.82) is 0 Å². The number of thioether (sulfide) groups is 1. The summed E-state index contributed by atoms with van der Waals surface area (Å²) in [5.41, 5.74) is 2.63. The lowest BCUT2D eigenvalue weighted by atomic mass is 9.66. The third kappa shape index (κ3) is 2.32. The topological polar surface area (TPSA) is 21.7 Å². The lowest BCUT2D eigenvalue weighted by molar-refractivity contribution is 0.200. The van der Waals surface area contributed by atoms with Gasteiger partial charge in [-0.25, -0.2) is 0 Å². The quantitative estimate of drug-likeness (QED) is 0.748. The molecule has 0 bridgehead atoms. The first-order valence-electron chi connectivity index (χ1n) is 8.40. The average molecular weight is 341 g/mol. The average Bonchev–Trinajstić information content (AvgIpc) is 2.63. The van der Waals surface area contributed by atoms with Crippen LogP contribution in [0.15, 0.2) is 41.3 Å². The van der Waals surface area contributed by atoms with Gasteiger partial charge in [0.05, 0.1) is 7.11 Å². The molecule has 2 aromatic rings. The first kappa shape index (κ1) is 15.9. The van der Waals surface area contributed by atoms with E-state index < -0.39 is 0 Å². The van der Waals surface area contributed by atoms with Gasteiger partial charge in [0, 0.05) is 21.4 Å². The van der Waals surface area contributed by atoms with Gasteiger partial charge in [0.2, 0.25) is 0 Å². The Hall–Kier alpha value is -1.65. The van der Waals surface area contributed by atoms with Crippen LogP contribution in [-0.2, 0) is 5.41 Å². The summed E-state index contributed by atoms with van der Waals surface area (Å²) in [4.78, 5) is 3.64. The van der Waals surface area contributed by atoms with Crippen LogP contribution in [-0.4, -0.2) is 38.4 Å². The fourth-order valence-electron chi connectivity index (χ4n) is 4.06. The van der Waals surface area contributed by atoms with Crippen molar-refractivity contribution in [2.75, 3.05) is 33.5 Å². The van der Waals surface area contributed by atoms with Crippen molar-refractivity contribution in [1.82, 2.24) is 4.90 Å². The summed E-state index contributed by atoms with van der Waals surface area (Å²) < 4.78 is 11.9. The van der Waals surface area contributed by atoms with E-state index >= 15 is 0 Å². The lowest BCUT2D eigenvalue weighted by Crippen LogP contribution is -2.43. The monoisotopic (exact) mass is 341 g/mol. The molecule has 1 spiro atoms. The van der Waals surface area contributed by atoms with E-state index in [4.69, 9.17) is 9.47 Å². The number of piperidine rings is 1. The van der Waals surface area contributed by atoms with E-state index in [0.29, 0.717) is 0 Å². The standard InChI is InChI=1S/C20H23NO2S/c1-21-11-9-20(10-12-21)15-8-7-14(24-3)13-18(15)23-19-16(20)5-4-6-17(19)22-2/h4-8,13H,9-12H2,1-3H3. The van der Waals surface area contributed by atoms with Crippen LogP contribution in [0.4, 0.5) is 0 Å². The molecular weight excluding hydrogens is 318 g/mol. The molecule has 24 heavy (non-hydrogen) atoms. The second-order valence-electron chi connectivity index (χ2n) is 6.69. The highest BCUT2D eigenvalue weighted by Crippen LogP contribution is 2.55. The van der Waals surface area contributed by atoms with Gasteiger partial charge in [-0.05, 0) is 57.4 Å². The van der Waals surface area contributed by atoms with Gasteiger partial charge in [0.1, 0.15) is 5.75 Å². The van der Waals surface area contributed by atoms with E-state index in [1.165, 1.54) is 16.0 Å². The Morgan fingerprint density at radius 1 is 1.12 bits per heavy atom. The number of methoxy groups -OCH3 is 1. The van der Waals surface area contributed by atoms with Crippen molar-refractivity contribution in [3.05, 3.63) is 47.5 Å². The second kappa shape index (κ2) is 6.01. The Labute approximate surface area is 148 Å². The lowest BCUT2D eigenvalue weighted by Gasteiger charge is -2.45. The molecule has 1 fully saturated rings. The van der Waals surface area contributed by atoms with Crippen LogP contribution >= 0.6 is 11.8 Å². The summed E-state index contributed by atoms with van der Waals surface area (Å²) in [5, 5.41) is 0. The van der Waals surface area contributed by atoms with Crippen molar-refractivity contribution in [3.8, 4) is 17.2 Å². The van der Waals surface area contributed by atoms with Crippen LogP contribution in [0.3, 0.4) is 0 Å². The Kier molecular flexibility index (Phi) is 3.97. The zero-order valence-electron chi connectivity index (χ0n) is 14.5. The first-order chi connectivity index (χ1) is 11.7. The van der Waals surface area contributed by atoms with Crippen molar-refractivity contribution < 1.29 is 9.47 Å². The zero-order chi connectivity index (χ0) is 16.7. The maximum absolute atomic E-state index is 6.34. The molecule has 126 valence electrons. The molecule has 0 atom stereocenters. The fourth-order valence-corrected chi connectivity index (χ4v) is 4.49. The molecule has 2 aromatic carbocycles. The van der Waals surface area contributed by atoms with Gasteiger partial charge < -0.3 is 14.4 Å². The van der Waals surface area contributed by atoms with E-state index in [1.807, 2.05) is 6.07 Å². The van der Waals surface area contributed by atoms with E-state index in [1.54, 1.807) is 18.9 Å². The van der Waals surface area contributed by atoms with Crippen LogP contribution in [0, 0.1) is 0 Å². The summed E-state index contributed by atoms with van der Waals surface area (Å²) in [5.74, 6) is 2.71. The Balaban J connectivity index is 1.93. The third-order valence-corrected chi connectivity index (χ3v) is 6.20. The molecule has 0 radical (unpaired) electrons. The van der Waals surface area contributed by atoms with Gasteiger partial charge in [0.15, 0.2) is 11.5 Å². The molecule has 0 saturated carbocycles. The predicted octanol–water partition coefficient (Wildman–Crippen LogP) is 4.53. The maximum atomic E-state index is 6.34. The molecule has 3 nitrogen and oxygen atoms in total. The number of nitrogens with zero attached hydrogens (tertiary/aromatic N) is 1. The van der Waals surface area contributed by atoms with Gasteiger partial charge >= 0.3 is 0 Å². The SMILES string of the molecule is COc1cccc2c1Oc1cc(SC)ccc1C21CCN(C)CC1. The highest BCUT2D eigenvalue weighted by Gasteiger charge is 2.44. The predicted molar refractivity (Wildman–Crippen MR) is 98.8 cm³/mol. The number of para-hydroxylation sites is 1. The Morgan fingerprint density at radius 2 is 1.92 bits per heavy atom. The van der Waals surface area contributed by atoms with E-state index in [0.717, 1.165) is 43.2 Å². The number of hydrogen-bond acceptors (Lipinski definition) is 4. The molecule has 4 heteroatoms. The van der Waals surface area contributed by atoms with Crippen molar-refractivity contribution in [2.24, 2.45) is 0 Å². The smallest absolute Gasteiger partial charge is 0.173 e. The van der Waals surface area contributed by atoms with E-state index in [2.05, 4.69) is 48.5 Å². The number of fused-ring (bicyclic) bond motifs is 4. The molecule has 0 N–H and O–H groups in total. The molecule has 1 saturated heterocycles. The summed E-state index contributed by atoms with van der Waals surface area (Å²) >= 11 is 1.75. The number of ether oxygens (including phenoxy) is 2. The minimum Gasteiger partial charge on any atom is -0.493 e. The summed E-state index contributed by atoms with van der Waals surface area (Å²) in [6, 6.07) is 13.0. The van der Waals surface area contributed by atoms with Gasteiger partial charge in [0.25, 0.3) is 0 Å². The molecule has 4 rings (SSSR count). The normalized spacial score (nSPS) is 18.6. The van der Waals surface area contributed by atoms with Crippen molar-refractivity contribution in [2.45, 2.75) is 23.2 Å². The third-order valence-electron chi connectivity index (χ3n) is 5.47. The number of likely N-dealkylation sites (tertiary alicyclic amines) is 1. The fraction of sp³-hybridized carbons (Fsp3) is 0.400. The maximum Gasteiger partial charge on any atom is 0.173 e. The van der Waals surface area contributed by atoms with Crippen LogP contribution in [0.25, 0.3) is 0 Å². The summed E-state index contributed by atoms with van der Waals surface area (Å²) in [6.45, 7) is 2.20. The number of hydrogen-bond donors (Lipinski definition) is 0. The minimum absolute atomic E-state index is 0.0287. The highest BCUT2D eigenvalue weighted by molar-refractivity contribution is 7.98. The highest BCUT2D eigenvalue weighted by atomic mass is 32.2. The number of benzene rings is 2. The van der Waals surface area contributed by atoms with Gasteiger partial charge in [-0.2, -0.15) is 0 Å². The molecular formula is C20H23NO2S. The molecule has 0 aromatic heterocycles. The molecule has 2 heterocycles. The first-order valence-corrected chi connectivity index (χ1v) is 9.63. The molecule has 0 amide bonds. The van der Waals surface area contributed by atoms with Crippen molar-refractivity contribution in [3.63, 3.8) is 0 Å². The summed E-state index contributed by atoms with van der Waals surface area (Å²) in [6.07, 6.45) is 4.32. The minimum atomic E-state index is 0.0287. The van der Waals surface area contributed by atoms with Crippen LogP contribution < -0.4 is 9.47 Å². The molecule has 2 aliphatic rings. The molecule has 0 unspecified atom stereocenters. The Bertz CT molecular complexity index is 766. The van der Waals surface area contributed by atoms with E-state index in [-0.39, 0.29) is 5.41 Å². The van der Waals surface area contributed by atoms with Crippen LogP contribution in [0.1, 0.15) is 24.0 Å². The summed E-state index contributed by atoms with van der Waals surface area (Å²) in [7, 11) is 3.92. The van der Waals surface area contributed by atoms with Gasteiger partial charge in [-0.15, -0.1) is 11.8 Å². The molecule has 2 aliphatic heterocycles. The Morgan fingerprint density at radius 3 is 2.62 bits per heavy atom. The number of rotatable bonds is 2. The van der Waals surface area contributed by atoms with Crippen LogP contribution in [0.5, 0.6) is 17.2 Å². The largest absolute Gasteiger partial charge is 0.493 e. The van der Waals surface area contributed by atoms with Crippen LogP contribution in [0.2, 0.25) is 0 Å². The zero-order valence-corrected chi connectivity index (χ0v) is 15.3. The second-order valence-corrected chi connectivity index (χ2v) is 7.57. The van der Waals surface area contributed by atoms with E-state index in [9.17, 15) is 0 Å². The molecule has 0 aliphatic carbocycles. The van der Waals surface area contributed by atoms with Crippen molar-refractivity contribution >= 4 is 11.8 Å². The van der Waals surface area contributed by atoms with Gasteiger partial charge in [-0.3, -0.25) is 0 Å². The van der Waals surface area contributed by atoms with Gasteiger partial charge in [-0.1, -0.05) is 18.2 Å².